The van der Waals surface area contributed by atoms with E-state index in [4.69, 9.17) is 21.3 Å². The van der Waals surface area contributed by atoms with E-state index in [-0.39, 0.29) is 0 Å². The number of nitrogens with one attached hydrogen (secondary N) is 1. The Labute approximate surface area is 217 Å². The number of rotatable bonds is 5. The van der Waals surface area contributed by atoms with Crippen molar-refractivity contribution >= 4 is 50.2 Å². The van der Waals surface area contributed by atoms with Gasteiger partial charge in [0.05, 0.1) is 15.8 Å². The molecular weight excluding hydrogens is 494 g/mol. The minimum atomic E-state index is -1.15. The number of carbonyl (C=O) groups is 1. The van der Waals surface area contributed by atoms with E-state index in [1.54, 1.807) is 0 Å². The average molecular weight is 520 g/mol. The lowest BCUT2D eigenvalue weighted by molar-refractivity contribution is -0.160. The molecule has 0 spiro atoms. The van der Waals surface area contributed by atoms with Crippen LogP contribution in [-0.2, 0) is 9.53 Å². The number of carboxylic acid groups (broad SMARTS) is 1. The highest BCUT2D eigenvalue weighted by Crippen LogP contribution is 2.44. The van der Waals surface area contributed by atoms with Gasteiger partial charge in [0.1, 0.15) is 10.7 Å². The number of aryl methyl sites for hydroxylation is 2. The van der Waals surface area contributed by atoms with E-state index in [0.29, 0.717) is 10.6 Å². The van der Waals surface area contributed by atoms with Crippen molar-refractivity contribution in [1.29, 1.82) is 0 Å². The minimum Gasteiger partial charge on any atom is -0.479 e. The van der Waals surface area contributed by atoms with E-state index in [1.807, 2.05) is 71.1 Å². The van der Waals surface area contributed by atoms with Crippen LogP contribution in [0.25, 0.3) is 42.9 Å². The third kappa shape index (κ3) is 4.62. The molecule has 0 saturated carbocycles. The molecule has 36 heavy (non-hydrogen) atoms. The molecule has 184 valence electrons. The number of carboxylic acids is 1. The number of aliphatic carboxylic acids is 1. The van der Waals surface area contributed by atoms with Gasteiger partial charge < -0.3 is 14.8 Å². The second kappa shape index (κ2) is 9.00. The number of thiazole rings is 1. The van der Waals surface area contributed by atoms with E-state index in [2.05, 4.69) is 22.1 Å². The molecule has 0 aliphatic carbocycles. The quantitative estimate of drug-likeness (QED) is 0.248. The molecule has 2 N–H and O–H groups in total. The molecule has 5 rings (SSSR count). The Morgan fingerprint density at radius 1 is 1.11 bits per heavy atom. The van der Waals surface area contributed by atoms with Gasteiger partial charge in [0.25, 0.3) is 0 Å². The molecule has 3 heterocycles. The van der Waals surface area contributed by atoms with Crippen LogP contribution >= 0.6 is 22.9 Å². The molecule has 0 bridgehead atoms. The average Bonchev–Trinajstić information content (AvgIpc) is 3.38. The first-order valence-electron chi connectivity index (χ1n) is 11.6. The number of fused-ring (bicyclic) bond motifs is 2. The van der Waals surface area contributed by atoms with Crippen molar-refractivity contribution < 1.29 is 14.6 Å². The summed E-state index contributed by atoms with van der Waals surface area (Å²) in [6.45, 7) is 9.48. The number of H-pyrrole nitrogens is 1. The summed E-state index contributed by atoms with van der Waals surface area (Å²) >= 11 is 7.70. The smallest absolute Gasteiger partial charge is 0.337 e. The summed E-state index contributed by atoms with van der Waals surface area (Å²) in [6.07, 6.45) is 0.667. The van der Waals surface area contributed by atoms with Crippen molar-refractivity contribution in [2.75, 3.05) is 0 Å². The van der Waals surface area contributed by atoms with Gasteiger partial charge in [-0.15, -0.1) is 11.3 Å². The van der Waals surface area contributed by atoms with Crippen LogP contribution < -0.4 is 0 Å². The fraction of sp³-hybridized carbons (Fsp3) is 0.250. The van der Waals surface area contributed by atoms with Gasteiger partial charge in [-0.05, 0) is 76.1 Å². The highest BCUT2D eigenvalue weighted by molar-refractivity contribution is 7.22. The van der Waals surface area contributed by atoms with Crippen LogP contribution in [0.2, 0.25) is 5.02 Å². The lowest BCUT2D eigenvalue weighted by Gasteiger charge is -2.28. The first-order chi connectivity index (χ1) is 17.0. The molecule has 0 unspecified atom stereocenters. The van der Waals surface area contributed by atoms with Gasteiger partial charge in [-0.3, -0.25) is 0 Å². The summed E-state index contributed by atoms with van der Waals surface area (Å²) < 4.78 is 6.98. The van der Waals surface area contributed by atoms with Gasteiger partial charge in [-0.2, -0.15) is 0 Å². The van der Waals surface area contributed by atoms with Crippen LogP contribution in [0.1, 0.15) is 43.7 Å². The Balaban J connectivity index is 1.78. The maximum Gasteiger partial charge on any atom is 0.337 e. The van der Waals surface area contributed by atoms with E-state index in [9.17, 15) is 9.90 Å². The lowest BCUT2D eigenvalue weighted by atomic mass is 9.91. The summed E-state index contributed by atoms with van der Waals surface area (Å²) in [7, 11) is 0. The minimum absolute atomic E-state index is 0.607. The SMILES string of the molecule is Cc1cc2cc(-c3nc4cc(C)c([C@H](OC(C)(C)C)C(=O)O)c(-c5ccc(Cl)cc5)c4s3)cnc2[nH]1. The number of nitrogens with zero attached hydrogens (tertiary/aromatic N) is 2. The number of hydrogen-bond acceptors (Lipinski definition) is 5. The molecule has 0 aliphatic heterocycles. The highest BCUT2D eigenvalue weighted by Gasteiger charge is 2.32. The van der Waals surface area contributed by atoms with Crippen LogP contribution in [-0.4, -0.2) is 31.6 Å². The van der Waals surface area contributed by atoms with Crippen molar-refractivity contribution in [2.45, 2.75) is 46.3 Å². The van der Waals surface area contributed by atoms with Crippen molar-refractivity contribution in [3.05, 3.63) is 70.5 Å². The second-order valence-corrected chi connectivity index (χ2v) is 11.4. The van der Waals surface area contributed by atoms with Crippen molar-refractivity contribution in [3.8, 4) is 21.7 Å². The molecule has 3 aromatic heterocycles. The van der Waals surface area contributed by atoms with Gasteiger partial charge in [-0.1, -0.05) is 23.7 Å². The molecule has 0 fully saturated rings. The zero-order valence-corrected chi connectivity index (χ0v) is 22.2. The molecule has 0 radical (unpaired) electrons. The first-order valence-corrected chi connectivity index (χ1v) is 12.8. The van der Waals surface area contributed by atoms with E-state index < -0.39 is 17.7 Å². The number of pyridine rings is 1. The third-order valence-corrected chi connectivity index (χ3v) is 7.26. The number of ether oxygens (including phenoxy) is 1. The van der Waals surface area contributed by atoms with Crippen LogP contribution in [0.4, 0.5) is 0 Å². The topological polar surface area (TPSA) is 88.1 Å². The van der Waals surface area contributed by atoms with Crippen LogP contribution in [0.3, 0.4) is 0 Å². The molecule has 5 aromatic rings. The number of aromatic amines is 1. The Morgan fingerprint density at radius 2 is 1.83 bits per heavy atom. The van der Waals surface area contributed by atoms with Gasteiger partial charge in [0, 0.05) is 39.0 Å². The molecule has 6 nitrogen and oxygen atoms in total. The maximum atomic E-state index is 12.5. The molecule has 0 aliphatic rings. The molecule has 8 heteroatoms. The van der Waals surface area contributed by atoms with E-state index in [1.165, 1.54) is 11.3 Å². The number of aromatic nitrogens is 3. The summed E-state index contributed by atoms with van der Waals surface area (Å²) in [4.78, 5) is 25.2. The highest BCUT2D eigenvalue weighted by atomic mass is 35.5. The van der Waals surface area contributed by atoms with E-state index in [0.717, 1.165) is 54.2 Å². The standard InChI is InChI=1S/C28H26ClN3O3S/c1-14-10-20-24(36-26(32-20)18-12-17-11-15(2)31-25(17)30-13-18)22(16-6-8-19(29)9-7-16)21(14)23(27(33)34)35-28(3,4)5/h6-13,23H,1-5H3,(H,30,31)(H,33,34)/t23-/m0/s1. The Hall–Kier alpha value is -3.26. The summed E-state index contributed by atoms with van der Waals surface area (Å²) in [5, 5.41) is 12.7. The largest absolute Gasteiger partial charge is 0.479 e. The molecule has 2 aromatic carbocycles. The van der Waals surface area contributed by atoms with Crippen LogP contribution in [0.15, 0.2) is 48.7 Å². The normalized spacial score (nSPS) is 12.9. The third-order valence-electron chi connectivity index (χ3n) is 5.87. The molecular formula is C28H26ClN3O3S. The van der Waals surface area contributed by atoms with Crippen molar-refractivity contribution in [2.24, 2.45) is 0 Å². The van der Waals surface area contributed by atoms with Crippen molar-refractivity contribution in [3.63, 3.8) is 0 Å². The number of hydrogen-bond donors (Lipinski definition) is 2. The van der Waals surface area contributed by atoms with Gasteiger partial charge in [0.15, 0.2) is 6.10 Å². The van der Waals surface area contributed by atoms with Crippen LogP contribution in [0, 0.1) is 13.8 Å². The second-order valence-electron chi connectivity index (χ2n) is 9.92. The fourth-order valence-corrected chi connectivity index (χ4v) is 5.66. The lowest BCUT2D eigenvalue weighted by Crippen LogP contribution is -2.28. The number of benzene rings is 2. The number of halogens is 1. The van der Waals surface area contributed by atoms with E-state index >= 15 is 0 Å². The van der Waals surface area contributed by atoms with Gasteiger partial charge in [-0.25, -0.2) is 14.8 Å². The predicted molar refractivity (Wildman–Crippen MR) is 146 cm³/mol. The fourth-order valence-electron chi connectivity index (χ4n) is 4.43. The van der Waals surface area contributed by atoms with Crippen molar-refractivity contribution in [1.82, 2.24) is 15.0 Å². The zero-order chi connectivity index (χ0) is 25.8. The first kappa shape index (κ1) is 24.4. The maximum absolute atomic E-state index is 12.5. The Bertz CT molecular complexity index is 1610. The zero-order valence-electron chi connectivity index (χ0n) is 20.6. The van der Waals surface area contributed by atoms with Gasteiger partial charge in [0.2, 0.25) is 0 Å². The van der Waals surface area contributed by atoms with Crippen LogP contribution in [0.5, 0.6) is 0 Å². The summed E-state index contributed by atoms with van der Waals surface area (Å²) in [5.74, 6) is -1.04. The predicted octanol–water partition coefficient (Wildman–Crippen LogP) is 7.72. The molecule has 0 amide bonds. The molecule has 1 atom stereocenters. The summed E-state index contributed by atoms with van der Waals surface area (Å²) in [5.41, 5.74) is 6.01. The van der Waals surface area contributed by atoms with Gasteiger partial charge >= 0.3 is 5.97 Å². The monoisotopic (exact) mass is 519 g/mol. The Morgan fingerprint density at radius 3 is 2.50 bits per heavy atom. The summed E-state index contributed by atoms with van der Waals surface area (Å²) in [6, 6.07) is 13.5. The Kier molecular flexibility index (Phi) is 6.11. The molecule has 0 saturated heterocycles.